The van der Waals surface area contributed by atoms with Crippen LogP contribution in [0.1, 0.15) is 5.76 Å². The second-order valence-electron chi connectivity index (χ2n) is 4.38. The van der Waals surface area contributed by atoms with Crippen LogP contribution in [0.25, 0.3) is 17.1 Å². The highest BCUT2D eigenvalue weighted by Gasteiger charge is 2.14. The molecule has 6 heteroatoms. The Hall–Kier alpha value is -1.91. The summed E-state index contributed by atoms with van der Waals surface area (Å²) in [6.45, 7) is 1.87. The quantitative estimate of drug-likeness (QED) is 0.766. The number of aryl methyl sites for hydroxylation is 1. The van der Waals surface area contributed by atoms with E-state index in [1.807, 2.05) is 19.1 Å². The topological polar surface area (TPSA) is 57.0 Å². The van der Waals surface area contributed by atoms with Gasteiger partial charge in [-0.2, -0.15) is 5.10 Å². The predicted molar refractivity (Wildman–Crippen MR) is 80.4 cm³/mol. The third-order valence-electron chi connectivity index (χ3n) is 2.87. The maximum Gasteiger partial charge on any atom is 0.156 e. The molecule has 0 atom stereocenters. The van der Waals surface area contributed by atoms with Crippen LogP contribution in [0.5, 0.6) is 0 Å². The molecule has 2 aromatic heterocycles. The SMILES string of the molecule is Cc1ccc(-c2nn(-c3ccc(Cl)cc3Cl)cc2N)o1. The molecule has 0 bridgehead atoms. The van der Waals surface area contributed by atoms with Crippen LogP contribution in [0, 0.1) is 6.92 Å². The van der Waals surface area contributed by atoms with E-state index in [1.54, 1.807) is 29.1 Å². The molecule has 0 radical (unpaired) electrons. The third-order valence-corrected chi connectivity index (χ3v) is 3.41. The summed E-state index contributed by atoms with van der Waals surface area (Å²) >= 11 is 12.1. The molecule has 20 heavy (non-hydrogen) atoms. The zero-order chi connectivity index (χ0) is 14.3. The summed E-state index contributed by atoms with van der Waals surface area (Å²) in [5.41, 5.74) is 7.80. The minimum atomic E-state index is 0.502. The van der Waals surface area contributed by atoms with E-state index in [1.165, 1.54) is 0 Å². The second kappa shape index (κ2) is 4.89. The Morgan fingerprint density at radius 2 is 2.00 bits per heavy atom. The van der Waals surface area contributed by atoms with E-state index in [2.05, 4.69) is 5.10 Å². The molecule has 3 rings (SSSR count). The Morgan fingerprint density at radius 3 is 2.65 bits per heavy atom. The van der Waals surface area contributed by atoms with Crippen LogP contribution in [0.15, 0.2) is 40.9 Å². The molecule has 0 saturated carbocycles. The number of aromatic nitrogens is 2. The van der Waals surface area contributed by atoms with Crippen LogP contribution < -0.4 is 5.73 Å². The molecule has 0 saturated heterocycles. The molecule has 0 amide bonds. The first-order valence-electron chi connectivity index (χ1n) is 5.92. The smallest absolute Gasteiger partial charge is 0.156 e. The van der Waals surface area contributed by atoms with Gasteiger partial charge in [-0.25, -0.2) is 4.68 Å². The molecule has 4 nitrogen and oxygen atoms in total. The fourth-order valence-electron chi connectivity index (χ4n) is 1.93. The Bertz CT molecular complexity index is 777. The lowest BCUT2D eigenvalue weighted by atomic mass is 10.3. The van der Waals surface area contributed by atoms with Crippen LogP contribution in [0.3, 0.4) is 0 Å². The predicted octanol–water partition coefficient (Wildman–Crippen LogP) is 4.33. The van der Waals surface area contributed by atoms with Gasteiger partial charge < -0.3 is 10.2 Å². The number of nitrogen functional groups attached to an aromatic ring is 1. The first-order chi connectivity index (χ1) is 9.54. The molecule has 0 aliphatic carbocycles. The Balaban J connectivity index is 2.08. The lowest BCUT2D eigenvalue weighted by Crippen LogP contribution is -1.95. The molecule has 0 unspecified atom stereocenters. The fourth-order valence-corrected chi connectivity index (χ4v) is 2.43. The van der Waals surface area contributed by atoms with Crippen molar-refractivity contribution in [1.29, 1.82) is 0 Å². The van der Waals surface area contributed by atoms with Crippen molar-refractivity contribution in [3.8, 4) is 17.1 Å². The van der Waals surface area contributed by atoms with Crippen molar-refractivity contribution in [2.75, 3.05) is 5.73 Å². The van der Waals surface area contributed by atoms with Crippen molar-refractivity contribution in [3.63, 3.8) is 0 Å². The molecule has 0 fully saturated rings. The van der Waals surface area contributed by atoms with Gasteiger partial charge in [0.2, 0.25) is 0 Å². The zero-order valence-corrected chi connectivity index (χ0v) is 12.1. The molecule has 102 valence electrons. The lowest BCUT2D eigenvalue weighted by molar-refractivity contribution is 0.546. The van der Waals surface area contributed by atoms with Gasteiger partial charge in [-0.05, 0) is 37.3 Å². The maximum absolute atomic E-state index is 6.17. The van der Waals surface area contributed by atoms with E-state index in [0.717, 1.165) is 5.76 Å². The van der Waals surface area contributed by atoms with Crippen molar-refractivity contribution < 1.29 is 4.42 Å². The summed E-state index contributed by atoms with van der Waals surface area (Å²) in [7, 11) is 0. The van der Waals surface area contributed by atoms with Crippen molar-refractivity contribution in [2.45, 2.75) is 6.92 Å². The van der Waals surface area contributed by atoms with Gasteiger partial charge in [0.1, 0.15) is 5.76 Å². The minimum Gasteiger partial charge on any atom is -0.460 e. The van der Waals surface area contributed by atoms with Crippen LogP contribution in [-0.2, 0) is 0 Å². The van der Waals surface area contributed by atoms with Crippen LogP contribution >= 0.6 is 23.2 Å². The largest absolute Gasteiger partial charge is 0.460 e. The standard InChI is InChI=1S/C14H11Cl2N3O/c1-8-2-5-13(20-8)14-11(17)7-19(18-14)12-4-3-9(15)6-10(12)16/h2-7H,17H2,1H3. The van der Waals surface area contributed by atoms with Crippen LogP contribution in [0.2, 0.25) is 10.0 Å². The summed E-state index contributed by atoms with van der Waals surface area (Å²) in [5.74, 6) is 1.43. The van der Waals surface area contributed by atoms with Crippen LogP contribution in [0.4, 0.5) is 5.69 Å². The fraction of sp³-hybridized carbons (Fsp3) is 0.0714. The van der Waals surface area contributed by atoms with Crippen molar-refractivity contribution in [3.05, 3.63) is 52.3 Å². The summed E-state index contributed by atoms with van der Waals surface area (Å²) in [4.78, 5) is 0. The summed E-state index contributed by atoms with van der Waals surface area (Å²) in [6.07, 6.45) is 1.70. The number of nitrogens with two attached hydrogens (primary N) is 1. The number of halogens is 2. The minimum absolute atomic E-state index is 0.502. The summed E-state index contributed by atoms with van der Waals surface area (Å²) in [6, 6.07) is 8.89. The van der Waals surface area contributed by atoms with E-state index in [-0.39, 0.29) is 0 Å². The third kappa shape index (κ3) is 2.28. The zero-order valence-electron chi connectivity index (χ0n) is 10.6. The highest BCUT2D eigenvalue weighted by Crippen LogP contribution is 2.29. The van der Waals surface area contributed by atoms with Crippen molar-refractivity contribution in [1.82, 2.24) is 9.78 Å². The van der Waals surface area contributed by atoms with E-state index in [0.29, 0.717) is 32.9 Å². The lowest BCUT2D eigenvalue weighted by Gasteiger charge is -2.03. The van der Waals surface area contributed by atoms with Gasteiger partial charge in [-0.1, -0.05) is 23.2 Å². The first-order valence-corrected chi connectivity index (χ1v) is 6.67. The number of hydrogen-bond donors (Lipinski definition) is 1. The summed E-state index contributed by atoms with van der Waals surface area (Å²) < 4.78 is 7.15. The Labute approximate surface area is 125 Å². The van der Waals surface area contributed by atoms with Gasteiger partial charge in [-0.3, -0.25) is 0 Å². The number of anilines is 1. The number of furan rings is 1. The van der Waals surface area contributed by atoms with Crippen molar-refractivity contribution in [2.24, 2.45) is 0 Å². The molecule has 0 aliphatic rings. The Kier molecular flexibility index (Phi) is 3.20. The number of nitrogens with zero attached hydrogens (tertiary/aromatic N) is 2. The molecule has 0 aliphatic heterocycles. The number of hydrogen-bond acceptors (Lipinski definition) is 3. The molecule has 2 heterocycles. The van der Waals surface area contributed by atoms with E-state index < -0.39 is 0 Å². The van der Waals surface area contributed by atoms with Gasteiger partial charge in [0, 0.05) is 5.02 Å². The molecule has 2 N–H and O–H groups in total. The normalized spacial score (nSPS) is 10.9. The van der Waals surface area contributed by atoms with Crippen molar-refractivity contribution >= 4 is 28.9 Å². The second-order valence-corrected chi connectivity index (χ2v) is 5.23. The van der Waals surface area contributed by atoms with Gasteiger partial charge >= 0.3 is 0 Å². The number of rotatable bonds is 2. The van der Waals surface area contributed by atoms with E-state index >= 15 is 0 Å². The van der Waals surface area contributed by atoms with Crippen LogP contribution in [-0.4, -0.2) is 9.78 Å². The molecular formula is C14H11Cl2N3O. The van der Waals surface area contributed by atoms with E-state index in [9.17, 15) is 0 Å². The highest BCUT2D eigenvalue weighted by atomic mass is 35.5. The molecule has 3 aromatic rings. The van der Waals surface area contributed by atoms with Gasteiger partial charge in [-0.15, -0.1) is 0 Å². The van der Waals surface area contributed by atoms with Gasteiger partial charge in [0.05, 0.1) is 22.6 Å². The monoisotopic (exact) mass is 307 g/mol. The molecule has 0 spiro atoms. The maximum atomic E-state index is 6.17. The van der Waals surface area contributed by atoms with Gasteiger partial charge in [0.15, 0.2) is 11.5 Å². The molecular weight excluding hydrogens is 297 g/mol. The summed E-state index contributed by atoms with van der Waals surface area (Å²) in [5, 5.41) is 5.50. The Morgan fingerprint density at radius 1 is 1.20 bits per heavy atom. The van der Waals surface area contributed by atoms with E-state index in [4.69, 9.17) is 33.4 Å². The van der Waals surface area contributed by atoms with Gasteiger partial charge in [0.25, 0.3) is 0 Å². The highest BCUT2D eigenvalue weighted by molar-refractivity contribution is 6.35. The number of benzene rings is 1. The average molecular weight is 308 g/mol. The average Bonchev–Trinajstić information content (AvgIpc) is 2.95. The first kappa shape index (κ1) is 13.1. The molecule has 1 aromatic carbocycles.